The maximum Gasteiger partial charge on any atom is 0.263 e. The van der Waals surface area contributed by atoms with Gasteiger partial charge in [-0.25, -0.2) is 8.42 Å². The number of rotatable bonds is 6. The van der Waals surface area contributed by atoms with Gasteiger partial charge >= 0.3 is 0 Å². The van der Waals surface area contributed by atoms with Crippen LogP contribution in [0.1, 0.15) is 19.0 Å². The van der Waals surface area contributed by atoms with E-state index in [2.05, 4.69) is 22.1 Å². The highest BCUT2D eigenvalue weighted by atomic mass is 32.2. The molecule has 0 aliphatic carbocycles. The van der Waals surface area contributed by atoms with Crippen molar-refractivity contribution >= 4 is 21.5 Å². The van der Waals surface area contributed by atoms with Gasteiger partial charge in [-0.05, 0) is 37.6 Å². The summed E-state index contributed by atoms with van der Waals surface area (Å²) in [5.41, 5.74) is 1.67. The van der Waals surface area contributed by atoms with Gasteiger partial charge in [0, 0.05) is 25.3 Å². The number of nitrogens with one attached hydrogen (secondary N) is 2. The Morgan fingerprint density at radius 1 is 1.24 bits per heavy atom. The van der Waals surface area contributed by atoms with Crippen LogP contribution in [0.25, 0.3) is 0 Å². The van der Waals surface area contributed by atoms with E-state index in [4.69, 9.17) is 0 Å². The predicted molar refractivity (Wildman–Crippen MR) is 84.0 cm³/mol. The zero-order valence-electron chi connectivity index (χ0n) is 12.4. The summed E-state index contributed by atoms with van der Waals surface area (Å²) in [5.74, 6) is 0.445. The summed E-state index contributed by atoms with van der Waals surface area (Å²) >= 11 is 0. The minimum atomic E-state index is -3.60. The van der Waals surface area contributed by atoms with E-state index in [1.807, 2.05) is 6.92 Å². The number of hydrogen-bond donors (Lipinski definition) is 2. The Balaban J connectivity index is 2.17. The first-order valence-corrected chi connectivity index (χ1v) is 8.28. The molecule has 0 atom stereocenters. The lowest BCUT2D eigenvalue weighted by Crippen LogP contribution is -2.15. The van der Waals surface area contributed by atoms with Crippen molar-refractivity contribution in [3.63, 3.8) is 0 Å². The molecule has 0 fully saturated rings. The van der Waals surface area contributed by atoms with Crippen LogP contribution in [0.4, 0.5) is 11.5 Å². The van der Waals surface area contributed by atoms with Crippen molar-refractivity contribution in [2.45, 2.75) is 25.2 Å². The van der Waals surface area contributed by atoms with Crippen LogP contribution < -0.4 is 10.0 Å². The lowest BCUT2D eigenvalue weighted by atomic mass is 10.3. The Bertz CT molecular complexity index is 705. The largest absolute Gasteiger partial charge is 0.385 e. The predicted octanol–water partition coefficient (Wildman–Crippen LogP) is 2.35. The molecule has 114 valence electrons. The van der Waals surface area contributed by atoms with Crippen LogP contribution >= 0.6 is 0 Å². The molecule has 0 aliphatic heterocycles. The summed E-state index contributed by atoms with van der Waals surface area (Å²) in [6, 6.07) is 8.39. The molecule has 6 nitrogen and oxygen atoms in total. The first-order valence-electron chi connectivity index (χ1n) is 6.80. The first-order chi connectivity index (χ1) is 9.92. The molecule has 7 heteroatoms. The lowest BCUT2D eigenvalue weighted by molar-refractivity contribution is 0.600. The smallest absolute Gasteiger partial charge is 0.263 e. The van der Waals surface area contributed by atoms with Crippen molar-refractivity contribution in [2.24, 2.45) is 7.05 Å². The zero-order chi connectivity index (χ0) is 15.5. The Kier molecular flexibility index (Phi) is 4.52. The van der Waals surface area contributed by atoms with E-state index in [9.17, 15) is 8.42 Å². The van der Waals surface area contributed by atoms with Crippen LogP contribution in [0.2, 0.25) is 0 Å². The number of sulfonamides is 1. The lowest BCUT2D eigenvalue weighted by Gasteiger charge is -2.09. The van der Waals surface area contributed by atoms with E-state index in [0.717, 1.165) is 24.3 Å². The average Bonchev–Trinajstić information content (AvgIpc) is 2.74. The third-order valence-electron chi connectivity index (χ3n) is 2.98. The van der Waals surface area contributed by atoms with Crippen LogP contribution in [0.15, 0.2) is 35.2 Å². The van der Waals surface area contributed by atoms with Gasteiger partial charge in [-0.15, -0.1) is 0 Å². The summed E-state index contributed by atoms with van der Waals surface area (Å²) in [4.78, 5) is 0.225. The molecule has 0 amide bonds. The zero-order valence-corrected chi connectivity index (χ0v) is 13.2. The molecular weight excluding hydrogens is 288 g/mol. The van der Waals surface area contributed by atoms with E-state index in [0.29, 0.717) is 5.82 Å². The number of aromatic nitrogens is 2. The molecule has 1 aromatic carbocycles. The fraction of sp³-hybridized carbons (Fsp3) is 0.357. The molecule has 0 aliphatic rings. The number of anilines is 2. The van der Waals surface area contributed by atoms with Gasteiger partial charge in [0.15, 0.2) is 0 Å². The normalized spacial score (nSPS) is 11.4. The van der Waals surface area contributed by atoms with E-state index in [-0.39, 0.29) is 4.90 Å². The van der Waals surface area contributed by atoms with Gasteiger partial charge in [-0.1, -0.05) is 6.92 Å². The van der Waals surface area contributed by atoms with Crippen LogP contribution in [0, 0.1) is 6.92 Å². The number of aryl methyl sites for hydroxylation is 2. The molecule has 0 bridgehead atoms. The second kappa shape index (κ2) is 6.17. The molecule has 0 unspecified atom stereocenters. The van der Waals surface area contributed by atoms with E-state index >= 15 is 0 Å². The second-order valence-electron chi connectivity index (χ2n) is 4.85. The van der Waals surface area contributed by atoms with Crippen LogP contribution in [-0.2, 0) is 17.1 Å². The van der Waals surface area contributed by atoms with Crippen molar-refractivity contribution in [1.82, 2.24) is 9.78 Å². The van der Waals surface area contributed by atoms with Gasteiger partial charge in [-0.3, -0.25) is 9.40 Å². The molecule has 1 aromatic heterocycles. The molecule has 0 radical (unpaired) electrons. The summed E-state index contributed by atoms with van der Waals surface area (Å²) in [6.07, 6.45) is 1.02. The highest BCUT2D eigenvalue weighted by Crippen LogP contribution is 2.18. The highest BCUT2D eigenvalue weighted by Gasteiger charge is 2.16. The molecule has 0 spiro atoms. The molecular formula is C14H20N4O2S. The van der Waals surface area contributed by atoms with Gasteiger partial charge < -0.3 is 5.32 Å². The Morgan fingerprint density at radius 3 is 2.43 bits per heavy atom. The standard InChI is InChI=1S/C14H20N4O2S/c1-4-9-15-12-5-7-13(8-6-12)21(19,20)17-14-10-11(2)16-18(14)3/h5-8,10,15,17H,4,9H2,1-3H3. The number of hydrogen-bond acceptors (Lipinski definition) is 4. The van der Waals surface area contributed by atoms with Gasteiger partial charge in [0.2, 0.25) is 0 Å². The van der Waals surface area contributed by atoms with Gasteiger partial charge in [0.1, 0.15) is 5.82 Å². The quantitative estimate of drug-likeness (QED) is 0.859. The summed E-state index contributed by atoms with van der Waals surface area (Å²) < 4.78 is 28.7. The Hall–Kier alpha value is -2.02. The number of benzene rings is 1. The van der Waals surface area contributed by atoms with E-state index < -0.39 is 10.0 Å². The minimum absolute atomic E-state index is 0.225. The van der Waals surface area contributed by atoms with Crippen LogP contribution in [0.5, 0.6) is 0 Å². The maximum atomic E-state index is 12.3. The third-order valence-corrected chi connectivity index (χ3v) is 4.36. The third kappa shape index (κ3) is 3.75. The average molecular weight is 308 g/mol. The van der Waals surface area contributed by atoms with Crippen LogP contribution in [0.3, 0.4) is 0 Å². The van der Waals surface area contributed by atoms with Gasteiger partial charge in [0.05, 0.1) is 10.6 Å². The fourth-order valence-electron chi connectivity index (χ4n) is 1.92. The van der Waals surface area contributed by atoms with Crippen molar-refractivity contribution in [3.8, 4) is 0 Å². The van der Waals surface area contributed by atoms with E-state index in [1.54, 1.807) is 37.4 Å². The highest BCUT2D eigenvalue weighted by molar-refractivity contribution is 7.92. The Morgan fingerprint density at radius 2 is 1.90 bits per heavy atom. The topological polar surface area (TPSA) is 76.0 Å². The first kappa shape index (κ1) is 15.4. The van der Waals surface area contributed by atoms with E-state index in [1.165, 1.54) is 4.68 Å². The summed E-state index contributed by atoms with van der Waals surface area (Å²) in [7, 11) is -1.90. The summed E-state index contributed by atoms with van der Waals surface area (Å²) in [5, 5.41) is 7.32. The number of nitrogens with zero attached hydrogens (tertiary/aromatic N) is 2. The second-order valence-corrected chi connectivity index (χ2v) is 6.53. The van der Waals surface area contributed by atoms with Crippen molar-refractivity contribution in [3.05, 3.63) is 36.0 Å². The molecule has 0 saturated heterocycles. The molecule has 2 rings (SSSR count). The molecule has 2 N–H and O–H groups in total. The van der Waals surface area contributed by atoms with Crippen LogP contribution in [-0.4, -0.2) is 24.7 Å². The monoisotopic (exact) mass is 308 g/mol. The van der Waals surface area contributed by atoms with Crippen molar-refractivity contribution in [2.75, 3.05) is 16.6 Å². The SMILES string of the molecule is CCCNc1ccc(S(=O)(=O)Nc2cc(C)nn2C)cc1. The van der Waals surface area contributed by atoms with Crippen molar-refractivity contribution in [1.29, 1.82) is 0 Å². The van der Waals surface area contributed by atoms with Gasteiger partial charge in [0.25, 0.3) is 10.0 Å². The minimum Gasteiger partial charge on any atom is -0.385 e. The van der Waals surface area contributed by atoms with Crippen molar-refractivity contribution < 1.29 is 8.42 Å². The Labute approximate surface area is 125 Å². The molecule has 0 saturated carbocycles. The fourth-order valence-corrected chi connectivity index (χ4v) is 3.00. The maximum absolute atomic E-state index is 12.3. The molecule has 2 aromatic rings. The van der Waals surface area contributed by atoms with Gasteiger partial charge in [-0.2, -0.15) is 5.10 Å². The molecule has 21 heavy (non-hydrogen) atoms. The molecule has 1 heterocycles. The summed E-state index contributed by atoms with van der Waals surface area (Å²) in [6.45, 7) is 4.75.